The molecule has 3 heteroatoms. The maximum absolute atomic E-state index is 10.5. The monoisotopic (exact) mass is 181 g/mol. The molecule has 0 N–H and O–H groups in total. The molecule has 1 fully saturated rings. The van der Waals surface area contributed by atoms with Gasteiger partial charge in [0.05, 0.1) is 0 Å². The standard InChI is InChI=1S/C9H11NOS/c11-10-8(6-7-3-4-7)9-2-1-5-12-9/h1-2,5,7-8H,3-4,6H2. The number of nitrogens with zero attached hydrogens (tertiary/aromatic N) is 1. The van der Waals surface area contributed by atoms with Crippen LogP contribution in [0.5, 0.6) is 0 Å². The molecule has 0 spiro atoms. The fourth-order valence-electron chi connectivity index (χ4n) is 1.36. The summed E-state index contributed by atoms with van der Waals surface area (Å²) in [4.78, 5) is 11.6. The van der Waals surface area contributed by atoms with Crippen LogP contribution in [0.25, 0.3) is 0 Å². The largest absolute Gasteiger partial charge is 0.150 e. The maximum atomic E-state index is 10.5. The molecule has 0 amide bonds. The Morgan fingerprint density at radius 2 is 2.50 bits per heavy atom. The lowest BCUT2D eigenvalue weighted by Gasteiger charge is -2.03. The van der Waals surface area contributed by atoms with Gasteiger partial charge in [-0.1, -0.05) is 24.1 Å². The second-order valence-corrected chi connectivity index (χ2v) is 4.29. The predicted molar refractivity (Wildman–Crippen MR) is 50.2 cm³/mol. The minimum Gasteiger partial charge on any atom is -0.150 e. The van der Waals surface area contributed by atoms with Gasteiger partial charge in [0.15, 0.2) is 0 Å². The van der Waals surface area contributed by atoms with E-state index >= 15 is 0 Å². The third kappa shape index (κ3) is 1.72. The normalized spacial score (nSPS) is 19.0. The second-order valence-electron chi connectivity index (χ2n) is 3.32. The van der Waals surface area contributed by atoms with Crippen molar-refractivity contribution in [3.8, 4) is 0 Å². The molecule has 0 bridgehead atoms. The Balaban J connectivity index is 2.01. The molecule has 1 aromatic rings. The zero-order chi connectivity index (χ0) is 8.39. The molecule has 12 heavy (non-hydrogen) atoms. The molecule has 2 rings (SSSR count). The van der Waals surface area contributed by atoms with Crippen LogP contribution in [0.1, 0.15) is 30.2 Å². The van der Waals surface area contributed by atoms with E-state index in [1.807, 2.05) is 17.5 Å². The fourth-order valence-corrected chi connectivity index (χ4v) is 2.13. The van der Waals surface area contributed by atoms with E-state index in [0.717, 1.165) is 17.2 Å². The van der Waals surface area contributed by atoms with Crippen LogP contribution in [0, 0.1) is 10.8 Å². The SMILES string of the molecule is O=NC(CC1CC1)c1cccs1. The van der Waals surface area contributed by atoms with Gasteiger partial charge >= 0.3 is 0 Å². The van der Waals surface area contributed by atoms with Crippen LogP contribution in [0.2, 0.25) is 0 Å². The topological polar surface area (TPSA) is 29.4 Å². The maximum Gasteiger partial charge on any atom is 0.126 e. The van der Waals surface area contributed by atoms with E-state index in [1.165, 1.54) is 12.8 Å². The Morgan fingerprint density at radius 1 is 1.67 bits per heavy atom. The Morgan fingerprint density at radius 3 is 3.00 bits per heavy atom. The molecule has 0 radical (unpaired) electrons. The van der Waals surface area contributed by atoms with Crippen molar-refractivity contribution in [2.24, 2.45) is 11.1 Å². The molecule has 1 unspecified atom stereocenters. The molecule has 1 aromatic heterocycles. The summed E-state index contributed by atoms with van der Waals surface area (Å²) in [6.45, 7) is 0. The molecule has 0 saturated heterocycles. The Kier molecular flexibility index (Phi) is 2.21. The highest BCUT2D eigenvalue weighted by molar-refractivity contribution is 7.10. The van der Waals surface area contributed by atoms with Crippen LogP contribution in [-0.2, 0) is 0 Å². The molecule has 1 aliphatic rings. The summed E-state index contributed by atoms with van der Waals surface area (Å²) in [5, 5.41) is 5.17. The zero-order valence-corrected chi connectivity index (χ0v) is 7.59. The molecule has 0 aromatic carbocycles. The summed E-state index contributed by atoms with van der Waals surface area (Å²) in [5.74, 6) is 0.773. The van der Waals surface area contributed by atoms with Crippen LogP contribution in [0.3, 0.4) is 0 Å². The van der Waals surface area contributed by atoms with Gasteiger partial charge in [-0.05, 0) is 23.8 Å². The van der Waals surface area contributed by atoms with Gasteiger partial charge in [-0.3, -0.25) is 0 Å². The smallest absolute Gasteiger partial charge is 0.126 e. The summed E-state index contributed by atoms with van der Waals surface area (Å²) in [6, 6.07) is 3.90. The fraction of sp³-hybridized carbons (Fsp3) is 0.556. The Labute approximate surface area is 75.6 Å². The first-order valence-electron chi connectivity index (χ1n) is 4.26. The van der Waals surface area contributed by atoms with Gasteiger partial charge < -0.3 is 0 Å². The number of thiophene rings is 1. The quantitative estimate of drug-likeness (QED) is 0.655. The highest BCUT2D eigenvalue weighted by Crippen LogP contribution is 2.39. The Hall–Kier alpha value is -0.700. The first-order chi connectivity index (χ1) is 5.90. The van der Waals surface area contributed by atoms with Gasteiger partial charge in [0, 0.05) is 4.88 Å². The highest BCUT2D eigenvalue weighted by atomic mass is 32.1. The number of nitroso groups, excluding NO2 is 1. The Bertz CT molecular complexity index is 254. The number of hydrogen-bond acceptors (Lipinski definition) is 3. The van der Waals surface area contributed by atoms with Crippen molar-refractivity contribution >= 4 is 11.3 Å². The number of hydrogen-bond donors (Lipinski definition) is 0. The average molecular weight is 181 g/mol. The van der Waals surface area contributed by atoms with E-state index < -0.39 is 0 Å². The van der Waals surface area contributed by atoms with Gasteiger partial charge in [0.2, 0.25) is 0 Å². The average Bonchev–Trinajstić information content (AvgIpc) is 2.74. The third-order valence-electron chi connectivity index (χ3n) is 2.25. The lowest BCUT2D eigenvalue weighted by Crippen LogP contribution is -1.92. The van der Waals surface area contributed by atoms with Crippen molar-refractivity contribution in [2.75, 3.05) is 0 Å². The summed E-state index contributed by atoms with van der Waals surface area (Å²) in [5.41, 5.74) is 0. The van der Waals surface area contributed by atoms with Crippen molar-refractivity contribution in [3.05, 3.63) is 27.3 Å². The van der Waals surface area contributed by atoms with Crippen LogP contribution < -0.4 is 0 Å². The first kappa shape index (κ1) is 7.92. The van der Waals surface area contributed by atoms with Crippen LogP contribution in [0.4, 0.5) is 0 Å². The second kappa shape index (κ2) is 3.35. The van der Waals surface area contributed by atoms with E-state index in [0.29, 0.717) is 0 Å². The summed E-state index contributed by atoms with van der Waals surface area (Å²) < 4.78 is 0. The van der Waals surface area contributed by atoms with Crippen LogP contribution in [-0.4, -0.2) is 0 Å². The molecular weight excluding hydrogens is 170 g/mol. The molecule has 1 atom stereocenters. The molecule has 1 saturated carbocycles. The molecule has 1 aliphatic carbocycles. The van der Waals surface area contributed by atoms with Crippen molar-refractivity contribution in [3.63, 3.8) is 0 Å². The summed E-state index contributed by atoms with van der Waals surface area (Å²) in [6.07, 6.45) is 3.54. The van der Waals surface area contributed by atoms with Gasteiger partial charge in [-0.2, -0.15) is 4.91 Å². The van der Waals surface area contributed by atoms with E-state index in [1.54, 1.807) is 11.3 Å². The molecule has 1 heterocycles. The highest BCUT2D eigenvalue weighted by Gasteiger charge is 2.27. The number of rotatable bonds is 4. The molecule has 64 valence electrons. The molecule has 0 aliphatic heterocycles. The molecular formula is C9H11NOS. The van der Waals surface area contributed by atoms with Crippen LogP contribution >= 0.6 is 11.3 Å². The summed E-state index contributed by atoms with van der Waals surface area (Å²) in [7, 11) is 0. The minimum absolute atomic E-state index is 0.0718. The van der Waals surface area contributed by atoms with Gasteiger partial charge in [-0.15, -0.1) is 11.3 Å². The minimum atomic E-state index is -0.0718. The van der Waals surface area contributed by atoms with Crippen molar-refractivity contribution in [2.45, 2.75) is 25.3 Å². The van der Waals surface area contributed by atoms with Crippen molar-refractivity contribution in [1.29, 1.82) is 0 Å². The molecule has 2 nitrogen and oxygen atoms in total. The van der Waals surface area contributed by atoms with E-state index in [9.17, 15) is 4.91 Å². The first-order valence-corrected chi connectivity index (χ1v) is 5.14. The lowest BCUT2D eigenvalue weighted by atomic mass is 10.1. The predicted octanol–water partition coefficient (Wildman–Crippen LogP) is 3.36. The van der Waals surface area contributed by atoms with E-state index in [4.69, 9.17) is 0 Å². The van der Waals surface area contributed by atoms with Crippen molar-refractivity contribution in [1.82, 2.24) is 0 Å². The van der Waals surface area contributed by atoms with Gasteiger partial charge in [0.25, 0.3) is 0 Å². The van der Waals surface area contributed by atoms with Gasteiger partial charge in [-0.25, -0.2) is 0 Å². The van der Waals surface area contributed by atoms with E-state index in [2.05, 4.69) is 5.18 Å². The van der Waals surface area contributed by atoms with Crippen LogP contribution in [0.15, 0.2) is 22.7 Å². The summed E-state index contributed by atoms with van der Waals surface area (Å²) >= 11 is 1.63. The van der Waals surface area contributed by atoms with E-state index in [-0.39, 0.29) is 6.04 Å². The lowest BCUT2D eigenvalue weighted by molar-refractivity contribution is 0.603. The van der Waals surface area contributed by atoms with Gasteiger partial charge in [0.1, 0.15) is 6.04 Å². The third-order valence-corrected chi connectivity index (χ3v) is 3.23. The zero-order valence-electron chi connectivity index (χ0n) is 6.77. The van der Waals surface area contributed by atoms with Crippen molar-refractivity contribution < 1.29 is 0 Å².